The molecule has 0 bridgehead atoms. The molecule has 2 aliphatic rings. The van der Waals surface area contributed by atoms with Crippen molar-refractivity contribution in [3.63, 3.8) is 0 Å². The fourth-order valence-corrected chi connectivity index (χ4v) is 4.26. The zero-order valence-electron chi connectivity index (χ0n) is 15.4. The molecule has 2 aromatic rings. The van der Waals surface area contributed by atoms with E-state index in [-0.39, 0.29) is 6.61 Å². The highest BCUT2D eigenvalue weighted by molar-refractivity contribution is 5.57. The van der Waals surface area contributed by atoms with Gasteiger partial charge in [-0.2, -0.15) is 0 Å². The van der Waals surface area contributed by atoms with Gasteiger partial charge in [0.05, 0.1) is 6.61 Å². The molecule has 2 fully saturated rings. The van der Waals surface area contributed by atoms with E-state index in [2.05, 4.69) is 25.8 Å². The maximum absolute atomic E-state index is 9.61. The number of aryl methyl sites for hydroxylation is 1. The van der Waals surface area contributed by atoms with Crippen molar-refractivity contribution in [3.05, 3.63) is 36.3 Å². The van der Waals surface area contributed by atoms with Crippen LogP contribution in [0.5, 0.6) is 0 Å². The fourth-order valence-electron chi connectivity index (χ4n) is 4.26. The third-order valence-electron chi connectivity index (χ3n) is 5.59. The molecule has 0 spiro atoms. The topological polar surface area (TPSA) is 65.4 Å². The second kappa shape index (κ2) is 7.68. The molecule has 2 atom stereocenters. The molecule has 0 aliphatic carbocycles. The highest BCUT2D eigenvalue weighted by Crippen LogP contribution is 2.28. The predicted molar refractivity (Wildman–Crippen MR) is 102 cm³/mol. The van der Waals surface area contributed by atoms with Crippen LogP contribution in [0.3, 0.4) is 0 Å². The third-order valence-corrected chi connectivity index (χ3v) is 5.59. The Hall–Kier alpha value is -2.05. The number of aliphatic hydroxyl groups excluding tert-OH is 1. The van der Waals surface area contributed by atoms with Gasteiger partial charge in [-0.05, 0) is 51.3 Å². The van der Waals surface area contributed by atoms with Crippen molar-refractivity contribution in [3.8, 4) is 11.4 Å². The molecule has 6 nitrogen and oxygen atoms in total. The van der Waals surface area contributed by atoms with Crippen LogP contribution in [0.25, 0.3) is 11.4 Å². The van der Waals surface area contributed by atoms with E-state index in [1.165, 1.54) is 19.3 Å². The molecule has 0 saturated carbocycles. The van der Waals surface area contributed by atoms with E-state index in [1.807, 2.05) is 25.3 Å². The number of pyridine rings is 1. The Bertz CT molecular complexity index is 738. The van der Waals surface area contributed by atoms with E-state index < -0.39 is 0 Å². The average molecular weight is 353 g/mol. The third kappa shape index (κ3) is 3.57. The van der Waals surface area contributed by atoms with E-state index >= 15 is 0 Å². The minimum atomic E-state index is 0.268. The first kappa shape index (κ1) is 17.4. The van der Waals surface area contributed by atoms with Gasteiger partial charge in [0.15, 0.2) is 5.82 Å². The van der Waals surface area contributed by atoms with Crippen molar-refractivity contribution in [1.29, 1.82) is 0 Å². The van der Waals surface area contributed by atoms with Crippen LogP contribution in [-0.4, -0.2) is 63.3 Å². The molecule has 2 saturated heterocycles. The van der Waals surface area contributed by atoms with Gasteiger partial charge in [0, 0.05) is 54.9 Å². The maximum atomic E-state index is 9.61. The Morgan fingerprint density at radius 1 is 1.15 bits per heavy atom. The molecular formula is C20H27N5O. The monoisotopic (exact) mass is 353 g/mol. The summed E-state index contributed by atoms with van der Waals surface area (Å²) in [5, 5.41) is 9.61. The lowest BCUT2D eigenvalue weighted by atomic mass is 10.2. The fraction of sp³-hybridized carbons (Fsp3) is 0.550. The van der Waals surface area contributed by atoms with E-state index in [1.54, 1.807) is 6.20 Å². The van der Waals surface area contributed by atoms with Gasteiger partial charge in [0.2, 0.25) is 0 Å². The van der Waals surface area contributed by atoms with Crippen LogP contribution >= 0.6 is 0 Å². The smallest absolute Gasteiger partial charge is 0.163 e. The number of rotatable bonds is 5. The van der Waals surface area contributed by atoms with E-state index in [9.17, 15) is 5.11 Å². The first-order valence-electron chi connectivity index (χ1n) is 9.62. The molecule has 4 rings (SSSR count). The molecule has 1 N–H and O–H groups in total. The summed E-state index contributed by atoms with van der Waals surface area (Å²) in [6.45, 7) is 5.43. The minimum Gasteiger partial charge on any atom is -0.395 e. The second-order valence-corrected chi connectivity index (χ2v) is 7.40. The van der Waals surface area contributed by atoms with Gasteiger partial charge in [-0.15, -0.1) is 0 Å². The Morgan fingerprint density at radius 3 is 2.81 bits per heavy atom. The van der Waals surface area contributed by atoms with Crippen LogP contribution in [0, 0.1) is 6.92 Å². The van der Waals surface area contributed by atoms with Crippen LogP contribution in [-0.2, 0) is 0 Å². The van der Waals surface area contributed by atoms with Crippen LogP contribution in [0.4, 0.5) is 5.82 Å². The van der Waals surface area contributed by atoms with Gasteiger partial charge in [0.1, 0.15) is 5.82 Å². The first-order valence-corrected chi connectivity index (χ1v) is 9.62. The van der Waals surface area contributed by atoms with Crippen LogP contribution in [0.2, 0.25) is 0 Å². The molecule has 6 heteroatoms. The molecule has 26 heavy (non-hydrogen) atoms. The molecule has 2 aromatic heterocycles. The lowest BCUT2D eigenvalue weighted by Gasteiger charge is -2.32. The molecule has 2 unspecified atom stereocenters. The van der Waals surface area contributed by atoms with Crippen molar-refractivity contribution >= 4 is 5.82 Å². The molecular weight excluding hydrogens is 326 g/mol. The minimum absolute atomic E-state index is 0.268. The predicted octanol–water partition coefficient (Wildman–Crippen LogP) is 2.27. The SMILES string of the molecule is Cc1cc(N2CCCC2CN2CCCC2CO)nc(-c2cccnc2)n1. The highest BCUT2D eigenvalue weighted by atomic mass is 16.3. The van der Waals surface area contributed by atoms with E-state index in [4.69, 9.17) is 4.98 Å². The second-order valence-electron chi connectivity index (χ2n) is 7.40. The van der Waals surface area contributed by atoms with Gasteiger partial charge in [0.25, 0.3) is 0 Å². The molecule has 0 radical (unpaired) electrons. The standard InChI is InChI=1S/C20H27N5O/c1-15-11-19(23-20(22-15)16-5-2-8-21-12-16)25-10-4-6-17(25)13-24-9-3-7-18(24)14-26/h2,5,8,11-12,17-18,26H,3-4,6-7,9-10,13-14H2,1H3. The summed E-state index contributed by atoms with van der Waals surface area (Å²) in [6.07, 6.45) is 8.25. The van der Waals surface area contributed by atoms with Crippen LogP contribution in [0.15, 0.2) is 30.6 Å². The van der Waals surface area contributed by atoms with Crippen molar-refractivity contribution in [2.75, 3.05) is 31.1 Å². The summed E-state index contributed by atoms with van der Waals surface area (Å²) in [4.78, 5) is 18.5. The molecule has 0 amide bonds. The lowest BCUT2D eigenvalue weighted by molar-refractivity contribution is 0.153. The van der Waals surface area contributed by atoms with Crippen molar-refractivity contribution in [2.24, 2.45) is 0 Å². The first-order chi connectivity index (χ1) is 12.7. The van der Waals surface area contributed by atoms with Crippen molar-refractivity contribution in [2.45, 2.75) is 44.7 Å². The summed E-state index contributed by atoms with van der Waals surface area (Å²) < 4.78 is 0. The number of anilines is 1. The highest BCUT2D eigenvalue weighted by Gasteiger charge is 2.32. The summed E-state index contributed by atoms with van der Waals surface area (Å²) in [5.74, 6) is 1.76. The Balaban J connectivity index is 1.57. The quantitative estimate of drug-likeness (QED) is 0.890. The lowest BCUT2D eigenvalue weighted by Crippen LogP contribution is -2.43. The molecule has 4 heterocycles. The molecule has 138 valence electrons. The normalized spacial score (nSPS) is 23.7. The molecule has 2 aliphatic heterocycles. The average Bonchev–Trinajstić information content (AvgIpc) is 3.31. The van der Waals surface area contributed by atoms with Gasteiger partial charge in [-0.1, -0.05) is 0 Å². The van der Waals surface area contributed by atoms with Crippen LogP contribution < -0.4 is 4.90 Å². The summed E-state index contributed by atoms with van der Waals surface area (Å²) in [6, 6.07) is 6.80. The van der Waals surface area contributed by atoms with Gasteiger partial charge < -0.3 is 10.0 Å². The number of hydrogen-bond acceptors (Lipinski definition) is 6. The molecule has 0 aromatic carbocycles. The number of hydrogen-bond donors (Lipinski definition) is 1. The van der Waals surface area contributed by atoms with Gasteiger partial charge in [-0.25, -0.2) is 9.97 Å². The largest absolute Gasteiger partial charge is 0.395 e. The summed E-state index contributed by atoms with van der Waals surface area (Å²) in [7, 11) is 0. The Labute approximate surface area is 154 Å². The summed E-state index contributed by atoms with van der Waals surface area (Å²) in [5.41, 5.74) is 1.93. The maximum Gasteiger partial charge on any atom is 0.163 e. The van der Waals surface area contributed by atoms with E-state index in [0.717, 1.165) is 49.0 Å². The van der Waals surface area contributed by atoms with E-state index in [0.29, 0.717) is 12.1 Å². The number of aliphatic hydroxyl groups is 1. The van der Waals surface area contributed by atoms with Crippen molar-refractivity contribution < 1.29 is 5.11 Å². The summed E-state index contributed by atoms with van der Waals surface area (Å²) >= 11 is 0. The zero-order valence-corrected chi connectivity index (χ0v) is 15.4. The van der Waals surface area contributed by atoms with Crippen LogP contribution in [0.1, 0.15) is 31.4 Å². The Kier molecular flexibility index (Phi) is 5.13. The zero-order chi connectivity index (χ0) is 17.9. The van der Waals surface area contributed by atoms with Gasteiger partial charge in [-0.3, -0.25) is 9.88 Å². The Morgan fingerprint density at radius 2 is 2.00 bits per heavy atom. The number of likely N-dealkylation sites (tertiary alicyclic amines) is 1. The van der Waals surface area contributed by atoms with Crippen molar-refractivity contribution in [1.82, 2.24) is 19.9 Å². The number of nitrogens with zero attached hydrogens (tertiary/aromatic N) is 5. The van der Waals surface area contributed by atoms with Gasteiger partial charge >= 0.3 is 0 Å². The number of aromatic nitrogens is 3.